The molecule has 0 bridgehead atoms. The van der Waals surface area contributed by atoms with Crippen molar-refractivity contribution < 1.29 is 9.47 Å². The lowest BCUT2D eigenvalue weighted by Gasteiger charge is -2.32. The highest BCUT2D eigenvalue weighted by Crippen LogP contribution is 2.37. The molecule has 0 fully saturated rings. The van der Waals surface area contributed by atoms with E-state index in [2.05, 4.69) is 35.2 Å². The predicted octanol–water partition coefficient (Wildman–Crippen LogP) is 6.23. The second-order valence-electron chi connectivity index (χ2n) is 8.35. The topological polar surface area (TPSA) is 54.5 Å². The van der Waals surface area contributed by atoms with Crippen LogP contribution in [0.5, 0.6) is 11.5 Å². The van der Waals surface area contributed by atoms with Crippen molar-refractivity contribution in [3.63, 3.8) is 0 Å². The number of hydrogen-bond donors (Lipinski definition) is 3. The van der Waals surface area contributed by atoms with Gasteiger partial charge in [0.05, 0.1) is 5.70 Å². The Morgan fingerprint density at radius 3 is 2.67 bits per heavy atom. The number of fused-ring (bicyclic) bond motifs is 1. The molecule has 1 aliphatic heterocycles. The molecule has 170 valence electrons. The van der Waals surface area contributed by atoms with Gasteiger partial charge in [-0.2, -0.15) is 0 Å². The van der Waals surface area contributed by atoms with Crippen LogP contribution in [0.4, 0.5) is 5.69 Å². The third-order valence-corrected chi connectivity index (χ3v) is 5.59. The van der Waals surface area contributed by atoms with Crippen LogP contribution in [-0.4, -0.2) is 10.7 Å². The molecule has 3 aromatic carbocycles. The van der Waals surface area contributed by atoms with Crippen LogP contribution in [0, 0.1) is 6.92 Å². The molecule has 1 heterocycles. The van der Waals surface area contributed by atoms with E-state index in [1.54, 1.807) is 6.07 Å². The minimum absolute atomic E-state index is 0.413. The summed E-state index contributed by atoms with van der Waals surface area (Å²) in [4.78, 5) is 0. The number of thiocarbonyl (C=S) groups is 1. The van der Waals surface area contributed by atoms with Crippen molar-refractivity contribution in [3.05, 3.63) is 94.5 Å². The quantitative estimate of drug-likeness (QED) is 0.288. The molecule has 0 unspecified atom stereocenters. The summed E-state index contributed by atoms with van der Waals surface area (Å²) in [7, 11) is 0. The lowest BCUT2D eigenvalue weighted by molar-refractivity contribution is 0.157. The van der Waals surface area contributed by atoms with E-state index in [-0.39, 0.29) is 0 Å². The van der Waals surface area contributed by atoms with Crippen LogP contribution >= 0.6 is 23.8 Å². The van der Waals surface area contributed by atoms with Crippen molar-refractivity contribution in [2.75, 3.05) is 5.32 Å². The van der Waals surface area contributed by atoms with Gasteiger partial charge in [-0.3, -0.25) is 10.9 Å². The van der Waals surface area contributed by atoms with Crippen LogP contribution < -0.4 is 25.6 Å². The Bertz CT molecular complexity index is 1210. The molecule has 3 aromatic rings. The molecule has 0 amide bonds. The van der Waals surface area contributed by atoms with Crippen molar-refractivity contribution >= 4 is 40.3 Å². The number of nitrogens with one attached hydrogen (secondary N) is 3. The lowest BCUT2D eigenvalue weighted by Crippen LogP contribution is -2.41. The highest BCUT2D eigenvalue weighted by molar-refractivity contribution is 7.80. The van der Waals surface area contributed by atoms with Crippen molar-refractivity contribution in [2.24, 2.45) is 0 Å². The number of aryl methyl sites for hydroxylation is 1. The molecule has 7 heteroatoms. The Kier molecular flexibility index (Phi) is 6.77. The van der Waals surface area contributed by atoms with Gasteiger partial charge in [-0.05, 0) is 86.6 Å². The molecule has 1 aliphatic rings. The van der Waals surface area contributed by atoms with E-state index in [1.807, 2.05) is 68.5 Å². The van der Waals surface area contributed by atoms with Crippen LogP contribution in [0.1, 0.15) is 30.5 Å². The molecule has 4 rings (SSSR count). The van der Waals surface area contributed by atoms with Crippen LogP contribution in [0.25, 0.3) is 5.70 Å². The fourth-order valence-electron chi connectivity index (χ4n) is 3.53. The predicted molar refractivity (Wildman–Crippen MR) is 139 cm³/mol. The van der Waals surface area contributed by atoms with Crippen molar-refractivity contribution in [1.82, 2.24) is 10.9 Å². The van der Waals surface area contributed by atoms with Gasteiger partial charge in [0.1, 0.15) is 23.7 Å². The molecule has 0 saturated carbocycles. The summed E-state index contributed by atoms with van der Waals surface area (Å²) < 4.78 is 12.2. The summed E-state index contributed by atoms with van der Waals surface area (Å²) in [6.45, 7) is 6.58. The van der Waals surface area contributed by atoms with Gasteiger partial charge in [-0.25, -0.2) is 0 Å². The van der Waals surface area contributed by atoms with Gasteiger partial charge in [-0.15, -0.1) is 0 Å². The highest BCUT2D eigenvalue weighted by atomic mass is 35.5. The molecule has 0 saturated heterocycles. The van der Waals surface area contributed by atoms with E-state index >= 15 is 0 Å². The first kappa shape index (κ1) is 23.0. The average Bonchev–Trinajstić information content (AvgIpc) is 2.76. The maximum Gasteiger partial charge on any atom is 0.189 e. The summed E-state index contributed by atoms with van der Waals surface area (Å²) in [6.07, 6.45) is 2.01. The summed E-state index contributed by atoms with van der Waals surface area (Å²) in [6, 6.07) is 21.4. The number of halogens is 1. The van der Waals surface area contributed by atoms with Gasteiger partial charge in [0.2, 0.25) is 0 Å². The monoisotopic (exact) mass is 479 g/mol. The Labute approximate surface area is 204 Å². The molecule has 33 heavy (non-hydrogen) atoms. The SMILES string of the molecule is Cc1ccccc1COc1ccc2c(c1)C(NNC(=S)Nc1cccc(Cl)c1)=CC(C)(C)O2. The molecule has 0 spiro atoms. The maximum absolute atomic E-state index is 6.14. The van der Waals surface area contributed by atoms with Crippen LogP contribution in [-0.2, 0) is 6.61 Å². The van der Waals surface area contributed by atoms with E-state index < -0.39 is 5.60 Å². The zero-order valence-corrected chi connectivity index (χ0v) is 20.3. The first-order valence-electron chi connectivity index (χ1n) is 10.6. The normalized spacial score (nSPS) is 13.8. The highest BCUT2D eigenvalue weighted by Gasteiger charge is 2.27. The number of hydrogen-bond acceptors (Lipinski definition) is 4. The second kappa shape index (κ2) is 9.73. The number of anilines is 1. The average molecular weight is 480 g/mol. The fraction of sp³-hybridized carbons (Fsp3) is 0.192. The Balaban J connectivity index is 1.47. The molecule has 0 aliphatic carbocycles. The third-order valence-electron chi connectivity index (χ3n) is 5.15. The number of rotatable bonds is 6. The standard InChI is InChI=1S/C26H26ClN3O2S/c1-17-7-4-5-8-18(17)16-31-21-11-12-24-22(14-21)23(15-26(2,3)32-24)29-30-25(33)28-20-10-6-9-19(27)13-20/h4-15,29H,16H2,1-3H3,(H2,28,30,33). The van der Waals surface area contributed by atoms with E-state index in [0.717, 1.165) is 34.0 Å². The third kappa shape index (κ3) is 5.97. The minimum Gasteiger partial charge on any atom is -0.489 e. The van der Waals surface area contributed by atoms with Gasteiger partial charge >= 0.3 is 0 Å². The summed E-state index contributed by atoms with van der Waals surface area (Å²) in [5, 5.41) is 4.16. The van der Waals surface area contributed by atoms with Crippen molar-refractivity contribution in [2.45, 2.75) is 33.0 Å². The van der Waals surface area contributed by atoms with Gasteiger partial charge < -0.3 is 14.8 Å². The molecule has 0 atom stereocenters. The van der Waals surface area contributed by atoms with E-state index in [0.29, 0.717) is 16.7 Å². The number of ether oxygens (including phenoxy) is 2. The molecular formula is C26H26ClN3O2S. The molecule has 3 N–H and O–H groups in total. The lowest BCUT2D eigenvalue weighted by atomic mass is 9.99. The maximum atomic E-state index is 6.14. The fourth-order valence-corrected chi connectivity index (χ4v) is 3.88. The Morgan fingerprint density at radius 2 is 1.88 bits per heavy atom. The minimum atomic E-state index is -0.484. The van der Waals surface area contributed by atoms with Crippen molar-refractivity contribution in [3.8, 4) is 11.5 Å². The first-order valence-corrected chi connectivity index (χ1v) is 11.4. The molecule has 0 radical (unpaired) electrons. The van der Waals surface area contributed by atoms with Gasteiger partial charge in [0.25, 0.3) is 0 Å². The van der Waals surface area contributed by atoms with E-state index in [9.17, 15) is 0 Å². The molecular weight excluding hydrogens is 454 g/mol. The largest absolute Gasteiger partial charge is 0.489 e. The molecule has 5 nitrogen and oxygen atoms in total. The smallest absolute Gasteiger partial charge is 0.189 e. The Hall–Kier alpha value is -3.22. The van der Waals surface area contributed by atoms with Crippen LogP contribution in [0.15, 0.2) is 72.8 Å². The zero-order valence-electron chi connectivity index (χ0n) is 18.7. The van der Waals surface area contributed by atoms with E-state index in [1.165, 1.54) is 5.56 Å². The zero-order chi connectivity index (χ0) is 23.4. The summed E-state index contributed by atoms with van der Waals surface area (Å²) >= 11 is 11.5. The summed E-state index contributed by atoms with van der Waals surface area (Å²) in [5.41, 5.74) is 10.7. The van der Waals surface area contributed by atoms with Crippen molar-refractivity contribution in [1.29, 1.82) is 0 Å². The van der Waals surface area contributed by atoms with Gasteiger partial charge in [0, 0.05) is 16.3 Å². The molecule has 0 aromatic heterocycles. The number of benzene rings is 3. The van der Waals surface area contributed by atoms with Crippen LogP contribution in [0.3, 0.4) is 0 Å². The van der Waals surface area contributed by atoms with Gasteiger partial charge in [-0.1, -0.05) is 41.9 Å². The van der Waals surface area contributed by atoms with E-state index in [4.69, 9.17) is 33.3 Å². The van der Waals surface area contributed by atoms with Crippen LogP contribution in [0.2, 0.25) is 5.02 Å². The number of hydrazine groups is 1. The summed E-state index contributed by atoms with van der Waals surface area (Å²) in [5.74, 6) is 1.52. The first-order chi connectivity index (χ1) is 15.8. The second-order valence-corrected chi connectivity index (χ2v) is 9.20. The Morgan fingerprint density at radius 1 is 1.06 bits per heavy atom. The van der Waals surface area contributed by atoms with Gasteiger partial charge in [0.15, 0.2) is 5.11 Å².